The third-order valence-corrected chi connectivity index (χ3v) is 8.15. The Hall–Kier alpha value is -2.65. The predicted molar refractivity (Wildman–Crippen MR) is 170 cm³/mol. The predicted octanol–water partition coefficient (Wildman–Crippen LogP) is 8.82. The van der Waals surface area contributed by atoms with Crippen LogP contribution in [-0.4, -0.2) is 10.7 Å². The third-order valence-electron chi connectivity index (χ3n) is 8.15. The van der Waals surface area contributed by atoms with Gasteiger partial charge in [0.25, 0.3) is 0 Å². The Morgan fingerprint density at radius 3 is 1.90 bits per heavy atom. The van der Waals surface area contributed by atoms with Crippen molar-refractivity contribution in [3.63, 3.8) is 0 Å². The minimum Gasteiger partial charge on any atom is -0.873 e. The van der Waals surface area contributed by atoms with Crippen molar-refractivity contribution in [2.24, 2.45) is 4.99 Å². The van der Waals surface area contributed by atoms with E-state index >= 15 is 0 Å². The minimum absolute atomic E-state index is 0. The smallest absolute Gasteiger partial charge is 0.873 e. The molecule has 4 rings (SSSR count). The molecule has 4 nitrogen and oxygen atoms in total. The summed E-state index contributed by atoms with van der Waals surface area (Å²) in [6.07, 6.45) is 9.84. The number of aryl methyl sites for hydroxylation is 2. The van der Waals surface area contributed by atoms with Gasteiger partial charge in [0.15, 0.2) is 0 Å². The second-order valence-corrected chi connectivity index (χ2v) is 13.4. The molecule has 0 spiro atoms. The summed E-state index contributed by atoms with van der Waals surface area (Å²) < 4.78 is 0. The number of aliphatic imine (C=N–C) groups is 1. The van der Waals surface area contributed by atoms with Crippen molar-refractivity contribution in [3.05, 3.63) is 82.2 Å². The molecule has 0 saturated heterocycles. The number of hydrogen-bond acceptors (Lipinski definition) is 4. The molecule has 0 radical (unpaired) electrons. The van der Waals surface area contributed by atoms with Crippen LogP contribution in [0, 0.1) is 0 Å². The van der Waals surface area contributed by atoms with Gasteiger partial charge in [0, 0.05) is 6.20 Å². The van der Waals surface area contributed by atoms with E-state index in [1.165, 1.54) is 30.4 Å². The summed E-state index contributed by atoms with van der Waals surface area (Å²) in [5.74, 6) is -0.116. The first kappa shape index (κ1) is 35.5. The van der Waals surface area contributed by atoms with Crippen molar-refractivity contribution in [1.29, 1.82) is 0 Å². The van der Waals surface area contributed by atoms with Crippen LogP contribution in [-0.2, 0) is 40.2 Å². The van der Waals surface area contributed by atoms with Crippen LogP contribution in [0.15, 0.2) is 53.7 Å². The van der Waals surface area contributed by atoms with Crippen LogP contribution < -0.4 is 10.2 Å². The van der Waals surface area contributed by atoms with Gasteiger partial charge in [-0.3, -0.25) is 9.98 Å². The van der Waals surface area contributed by atoms with Gasteiger partial charge in [-0.25, -0.2) is 0 Å². The zero-order valence-electron chi connectivity index (χ0n) is 27.2. The SMILES string of the molecule is CC(C)(C)c1cc(C2CCCCC2)c(C(C)(C)C)c([O-])c1[O-].CCc1cccc(CC)c1N=C(C)c1ccccn1.[Ni+2]. The van der Waals surface area contributed by atoms with E-state index in [4.69, 9.17) is 4.99 Å². The standard InChI is InChI=1S/C20H32O2.C17H20N2.Ni/c1-19(2,3)15-12-14(13-10-8-7-9-11-13)16(20(4,5)6)18(22)17(15)21;1-4-14-9-8-10-15(5-2)17(14)19-13(3)16-11-6-7-12-18-16;/h12-13,21-22H,7-11H2,1-6H3;6-12H,4-5H2,1-3H3;/q;;+2/p-2. The maximum Gasteiger partial charge on any atom is 2.00 e. The Morgan fingerprint density at radius 2 is 1.43 bits per heavy atom. The molecule has 2 aromatic carbocycles. The van der Waals surface area contributed by atoms with Crippen molar-refractivity contribution in [1.82, 2.24) is 4.98 Å². The van der Waals surface area contributed by atoms with E-state index in [1.807, 2.05) is 66.7 Å². The van der Waals surface area contributed by atoms with Gasteiger partial charge in [0.2, 0.25) is 0 Å². The monoisotopic (exact) mass is 612 g/mol. The molecule has 230 valence electrons. The number of rotatable bonds is 5. The summed E-state index contributed by atoms with van der Waals surface area (Å²) in [4.78, 5) is 9.18. The largest absolute Gasteiger partial charge is 2.00 e. The van der Waals surface area contributed by atoms with Crippen LogP contribution in [0.2, 0.25) is 0 Å². The first-order valence-corrected chi connectivity index (χ1v) is 15.4. The number of nitrogens with zero attached hydrogens (tertiary/aromatic N) is 2. The van der Waals surface area contributed by atoms with E-state index < -0.39 is 0 Å². The fraction of sp³-hybridized carbons (Fsp3) is 0.514. The number of para-hydroxylation sites is 1. The molecule has 0 bridgehead atoms. The Labute approximate surface area is 265 Å². The van der Waals surface area contributed by atoms with E-state index in [9.17, 15) is 10.2 Å². The molecule has 0 N–H and O–H groups in total. The second kappa shape index (κ2) is 15.2. The average molecular weight is 614 g/mol. The molecular weight excluding hydrogens is 563 g/mol. The average Bonchev–Trinajstić information content (AvgIpc) is 2.94. The molecule has 0 atom stereocenters. The molecular formula is C37H50N2NiO2. The van der Waals surface area contributed by atoms with Gasteiger partial charge < -0.3 is 10.2 Å². The molecule has 0 amide bonds. The Morgan fingerprint density at radius 1 is 0.833 bits per heavy atom. The van der Waals surface area contributed by atoms with Crippen LogP contribution in [0.3, 0.4) is 0 Å². The van der Waals surface area contributed by atoms with Gasteiger partial charge in [0.05, 0.1) is 17.1 Å². The molecule has 0 aliphatic heterocycles. The Balaban J connectivity index is 0.000000289. The van der Waals surface area contributed by atoms with Gasteiger partial charge in [-0.05, 0) is 83.7 Å². The summed E-state index contributed by atoms with van der Waals surface area (Å²) in [6.45, 7) is 18.6. The molecule has 1 heterocycles. The van der Waals surface area contributed by atoms with Crippen molar-refractivity contribution in [3.8, 4) is 11.5 Å². The third kappa shape index (κ3) is 8.69. The molecule has 5 heteroatoms. The Bertz CT molecular complexity index is 1310. The first-order chi connectivity index (χ1) is 19.3. The van der Waals surface area contributed by atoms with Crippen LogP contribution in [0.4, 0.5) is 5.69 Å². The first-order valence-electron chi connectivity index (χ1n) is 15.4. The van der Waals surface area contributed by atoms with Gasteiger partial charge in [-0.1, -0.05) is 111 Å². The topological polar surface area (TPSA) is 71.4 Å². The van der Waals surface area contributed by atoms with Crippen LogP contribution in [0.5, 0.6) is 11.5 Å². The molecule has 1 saturated carbocycles. The van der Waals surface area contributed by atoms with Crippen molar-refractivity contribution in [2.45, 2.75) is 124 Å². The summed E-state index contributed by atoms with van der Waals surface area (Å²) >= 11 is 0. The summed E-state index contributed by atoms with van der Waals surface area (Å²) in [5.41, 5.74) is 7.67. The van der Waals surface area contributed by atoms with E-state index in [2.05, 4.69) is 43.1 Å². The number of hydrogen-bond donors (Lipinski definition) is 0. The summed E-state index contributed by atoms with van der Waals surface area (Å²) in [5, 5.41) is 25.4. The van der Waals surface area contributed by atoms with Gasteiger partial charge in [0.1, 0.15) is 0 Å². The van der Waals surface area contributed by atoms with Gasteiger partial charge in [-0.15, -0.1) is 11.5 Å². The van der Waals surface area contributed by atoms with Crippen LogP contribution in [0.25, 0.3) is 0 Å². The quantitative estimate of drug-likeness (QED) is 0.213. The van der Waals surface area contributed by atoms with Crippen LogP contribution >= 0.6 is 0 Å². The van der Waals surface area contributed by atoms with Crippen molar-refractivity contribution < 1.29 is 26.7 Å². The van der Waals surface area contributed by atoms with Crippen LogP contribution in [0.1, 0.15) is 134 Å². The fourth-order valence-electron chi connectivity index (χ4n) is 5.89. The second-order valence-electron chi connectivity index (χ2n) is 13.4. The Kier molecular flexibility index (Phi) is 12.9. The molecule has 3 aromatic rings. The molecule has 42 heavy (non-hydrogen) atoms. The molecule has 1 aliphatic carbocycles. The number of pyridine rings is 1. The van der Waals surface area contributed by atoms with E-state index in [0.717, 1.165) is 53.9 Å². The fourth-order valence-corrected chi connectivity index (χ4v) is 5.89. The maximum absolute atomic E-state index is 12.8. The van der Waals surface area contributed by atoms with E-state index in [-0.39, 0.29) is 38.8 Å². The summed E-state index contributed by atoms with van der Waals surface area (Å²) in [7, 11) is 0. The maximum atomic E-state index is 12.8. The van der Waals surface area contributed by atoms with Crippen molar-refractivity contribution >= 4 is 11.4 Å². The zero-order chi connectivity index (χ0) is 30.4. The molecule has 1 aliphatic rings. The molecule has 1 fully saturated rings. The zero-order valence-corrected chi connectivity index (χ0v) is 28.2. The minimum atomic E-state index is -0.294. The molecule has 0 unspecified atom stereocenters. The number of aromatic nitrogens is 1. The normalized spacial score (nSPS) is 14.5. The molecule has 1 aromatic heterocycles. The van der Waals surface area contributed by atoms with E-state index in [0.29, 0.717) is 11.5 Å². The van der Waals surface area contributed by atoms with E-state index in [1.54, 1.807) is 6.20 Å². The van der Waals surface area contributed by atoms with Gasteiger partial charge >= 0.3 is 16.5 Å². The summed E-state index contributed by atoms with van der Waals surface area (Å²) in [6, 6.07) is 14.4. The van der Waals surface area contributed by atoms with Gasteiger partial charge in [-0.2, -0.15) is 0 Å². The number of benzene rings is 2. The van der Waals surface area contributed by atoms with Crippen molar-refractivity contribution in [2.75, 3.05) is 0 Å².